The minimum absolute atomic E-state index is 0.893. The molecule has 0 aliphatic rings. The van der Waals surface area contributed by atoms with E-state index in [1.165, 1.54) is 37.9 Å². The van der Waals surface area contributed by atoms with E-state index < -0.39 is 0 Å². The third kappa shape index (κ3) is 4.49. The summed E-state index contributed by atoms with van der Waals surface area (Å²) in [4.78, 5) is 15.0. The SMILES string of the molecule is c1ccc(-c2nc3ccccc3c3c2ccc2cc(-c4ccc(-c5nc6cc7ccccc7cn6c5-c5ccccn5)cc4)ccc23)cc1. The molecule has 10 rings (SSSR count). The van der Waals surface area contributed by atoms with Crippen molar-refractivity contribution in [3.05, 3.63) is 170 Å². The molecule has 228 valence electrons. The number of pyridine rings is 3. The second kappa shape index (κ2) is 11.0. The molecule has 4 aromatic heterocycles. The highest BCUT2D eigenvalue weighted by atomic mass is 15.0. The minimum atomic E-state index is 0.893. The lowest BCUT2D eigenvalue weighted by Crippen LogP contribution is -1.92. The zero-order valence-corrected chi connectivity index (χ0v) is 26.5. The zero-order valence-electron chi connectivity index (χ0n) is 26.5. The lowest BCUT2D eigenvalue weighted by molar-refractivity contribution is 1.18. The van der Waals surface area contributed by atoms with Crippen molar-refractivity contribution in [3.63, 3.8) is 0 Å². The molecule has 0 radical (unpaired) electrons. The van der Waals surface area contributed by atoms with Gasteiger partial charge < -0.3 is 0 Å². The first-order valence-corrected chi connectivity index (χ1v) is 16.5. The van der Waals surface area contributed by atoms with Crippen molar-refractivity contribution in [2.24, 2.45) is 0 Å². The van der Waals surface area contributed by atoms with E-state index in [1.807, 2.05) is 18.3 Å². The molecule has 0 aliphatic heterocycles. The summed E-state index contributed by atoms with van der Waals surface area (Å²) in [6.07, 6.45) is 4.01. The van der Waals surface area contributed by atoms with Crippen molar-refractivity contribution in [2.75, 3.05) is 0 Å². The minimum Gasteiger partial charge on any atom is -0.297 e. The summed E-state index contributed by atoms with van der Waals surface area (Å²) in [7, 11) is 0. The fourth-order valence-electron chi connectivity index (χ4n) is 7.27. The van der Waals surface area contributed by atoms with Crippen molar-refractivity contribution in [2.45, 2.75) is 0 Å². The number of hydrogen-bond acceptors (Lipinski definition) is 3. The second-order valence-electron chi connectivity index (χ2n) is 12.5. The van der Waals surface area contributed by atoms with Gasteiger partial charge in [0.25, 0.3) is 0 Å². The molecule has 0 saturated carbocycles. The van der Waals surface area contributed by atoms with Gasteiger partial charge in [-0.25, -0.2) is 9.97 Å². The molecule has 0 saturated heterocycles. The molecule has 0 fully saturated rings. The molecule has 4 heterocycles. The van der Waals surface area contributed by atoms with Crippen LogP contribution in [0.1, 0.15) is 0 Å². The lowest BCUT2D eigenvalue weighted by atomic mass is 9.93. The average Bonchev–Trinajstić information content (AvgIpc) is 3.55. The van der Waals surface area contributed by atoms with Gasteiger partial charge in [0.2, 0.25) is 0 Å². The van der Waals surface area contributed by atoms with Crippen molar-refractivity contribution >= 4 is 48.9 Å². The summed E-state index contributed by atoms with van der Waals surface area (Å²) in [5, 5.41) is 8.34. The number of benzene rings is 6. The summed E-state index contributed by atoms with van der Waals surface area (Å²) < 4.78 is 2.17. The van der Waals surface area contributed by atoms with Crippen molar-refractivity contribution in [1.29, 1.82) is 0 Å². The molecule has 0 amide bonds. The van der Waals surface area contributed by atoms with Gasteiger partial charge in [0.15, 0.2) is 0 Å². The number of fused-ring (bicyclic) bond motifs is 7. The van der Waals surface area contributed by atoms with Crippen molar-refractivity contribution < 1.29 is 0 Å². The zero-order chi connectivity index (χ0) is 32.3. The number of aromatic nitrogens is 4. The molecule has 0 bridgehead atoms. The third-order valence-electron chi connectivity index (χ3n) is 9.61. The summed E-state index contributed by atoms with van der Waals surface area (Å²) >= 11 is 0. The van der Waals surface area contributed by atoms with E-state index in [0.717, 1.165) is 56.0 Å². The normalized spacial score (nSPS) is 11.7. The summed E-state index contributed by atoms with van der Waals surface area (Å²) in [6.45, 7) is 0. The number of hydrogen-bond donors (Lipinski definition) is 0. The Labute approximate surface area is 282 Å². The monoisotopic (exact) mass is 624 g/mol. The molecule has 49 heavy (non-hydrogen) atoms. The predicted octanol–water partition coefficient (Wildman–Crippen LogP) is 11.4. The number of imidazole rings is 1. The molecule has 0 unspecified atom stereocenters. The Morgan fingerprint density at radius 2 is 1.14 bits per heavy atom. The Morgan fingerprint density at radius 3 is 2.00 bits per heavy atom. The average molecular weight is 625 g/mol. The Bertz CT molecular complexity index is 2860. The van der Waals surface area contributed by atoms with E-state index in [4.69, 9.17) is 15.0 Å². The smallest absolute Gasteiger partial charge is 0.138 e. The number of nitrogens with zero attached hydrogens (tertiary/aromatic N) is 4. The lowest BCUT2D eigenvalue weighted by Gasteiger charge is -2.13. The van der Waals surface area contributed by atoms with Gasteiger partial charge in [-0.1, -0.05) is 127 Å². The Morgan fingerprint density at radius 1 is 0.429 bits per heavy atom. The second-order valence-corrected chi connectivity index (χ2v) is 12.5. The van der Waals surface area contributed by atoms with Gasteiger partial charge >= 0.3 is 0 Å². The maximum atomic E-state index is 5.15. The van der Waals surface area contributed by atoms with Crippen LogP contribution in [0.3, 0.4) is 0 Å². The third-order valence-corrected chi connectivity index (χ3v) is 9.61. The van der Waals surface area contributed by atoms with Crippen LogP contribution in [-0.4, -0.2) is 19.4 Å². The van der Waals surface area contributed by atoms with Crippen LogP contribution < -0.4 is 0 Å². The Kier molecular flexibility index (Phi) is 6.15. The molecule has 0 aliphatic carbocycles. The standard InChI is InChI=1S/C45H28N4/c1-2-10-30(11-3-1)43-38-24-22-34-26-33(21-23-36(34)42(38)37-14-6-7-15-39(37)47-43)29-17-19-31(20-18-29)44-45(40-16-8-9-25-46-40)49-28-35-13-5-4-12-32(35)27-41(49)48-44/h1-28H. The van der Waals surface area contributed by atoms with Crippen LogP contribution in [0.5, 0.6) is 0 Å². The van der Waals surface area contributed by atoms with Crippen LogP contribution in [0.2, 0.25) is 0 Å². The molecule has 0 spiro atoms. The Balaban J connectivity index is 1.10. The van der Waals surface area contributed by atoms with Crippen LogP contribution in [0.4, 0.5) is 0 Å². The van der Waals surface area contributed by atoms with Gasteiger partial charge in [-0.15, -0.1) is 0 Å². The first kappa shape index (κ1) is 27.5. The fraction of sp³-hybridized carbons (Fsp3) is 0. The van der Waals surface area contributed by atoms with E-state index in [2.05, 4.69) is 156 Å². The van der Waals surface area contributed by atoms with E-state index in [-0.39, 0.29) is 0 Å². The van der Waals surface area contributed by atoms with Crippen molar-refractivity contribution in [3.8, 4) is 45.0 Å². The fourth-order valence-corrected chi connectivity index (χ4v) is 7.27. The van der Waals surface area contributed by atoms with E-state index in [1.54, 1.807) is 0 Å². The highest BCUT2D eigenvalue weighted by molar-refractivity contribution is 6.22. The molecule has 0 N–H and O–H groups in total. The topological polar surface area (TPSA) is 43.1 Å². The highest BCUT2D eigenvalue weighted by Crippen LogP contribution is 2.39. The summed E-state index contributed by atoms with van der Waals surface area (Å²) in [5.41, 5.74) is 10.2. The van der Waals surface area contributed by atoms with Crippen LogP contribution in [-0.2, 0) is 0 Å². The molecular formula is C45H28N4. The van der Waals surface area contributed by atoms with Crippen LogP contribution >= 0.6 is 0 Å². The van der Waals surface area contributed by atoms with Crippen LogP contribution in [0.25, 0.3) is 93.9 Å². The summed E-state index contributed by atoms with van der Waals surface area (Å²) in [5.74, 6) is 0. The molecule has 6 aromatic carbocycles. The predicted molar refractivity (Wildman–Crippen MR) is 203 cm³/mol. The maximum absolute atomic E-state index is 5.15. The largest absolute Gasteiger partial charge is 0.297 e. The van der Waals surface area contributed by atoms with Gasteiger partial charge in [0, 0.05) is 39.7 Å². The van der Waals surface area contributed by atoms with Crippen LogP contribution in [0, 0.1) is 0 Å². The molecule has 10 aromatic rings. The number of rotatable bonds is 4. The molecular weight excluding hydrogens is 597 g/mol. The van der Waals surface area contributed by atoms with Gasteiger partial charge in [-0.05, 0) is 63.0 Å². The van der Waals surface area contributed by atoms with Crippen LogP contribution in [0.15, 0.2) is 170 Å². The molecule has 4 heteroatoms. The highest BCUT2D eigenvalue weighted by Gasteiger charge is 2.18. The van der Waals surface area contributed by atoms with Crippen molar-refractivity contribution in [1.82, 2.24) is 19.4 Å². The van der Waals surface area contributed by atoms with Gasteiger partial charge in [0.1, 0.15) is 5.65 Å². The Hall–Kier alpha value is -6.65. The van der Waals surface area contributed by atoms with E-state index >= 15 is 0 Å². The molecule has 4 nitrogen and oxygen atoms in total. The van der Waals surface area contributed by atoms with Gasteiger partial charge in [-0.3, -0.25) is 9.38 Å². The quantitative estimate of drug-likeness (QED) is 0.183. The first-order chi connectivity index (χ1) is 24.3. The maximum Gasteiger partial charge on any atom is 0.138 e. The van der Waals surface area contributed by atoms with Gasteiger partial charge in [-0.2, -0.15) is 0 Å². The summed E-state index contributed by atoms with van der Waals surface area (Å²) in [6, 6.07) is 55.6. The van der Waals surface area contributed by atoms with E-state index in [0.29, 0.717) is 0 Å². The first-order valence-electron chi connectivity index (χ1n) is 16.5. The van der Waals surface area contributed by atoms with Gasteiger partial charge in [0.05, 0.1) is 28.3 Å². The van der Waals surface area contributed by atoms with E-state index in [9.17, 15) is 0 Å². The number of para-hydroxylation sites is 1. The molecule has 0 atom stereocenters.